The van der Waals surface area contributed by atoms with E-state index in [0.717, 1.165) is 12.5 Å². The summed E-state index contributed by atoms with van der Waals surface area (Å²) in [6.07, 6.45) is -0.666. The molecule has 114 valence electrons. The molecular formula is C14H14ClF3N2O. The van der Waals surface area contributed by atoms with Crippen molar-refractivity contribution in [2.45, 2.75) is 31.9 Å². The minimum atomic E-state index is -4.50. The summed E-state index contributed by atoms with van der Waals surface area (Å²) < 4.78 is 46.1. The normalized spacial score (nSPS) is 11.7. The van der Waals surface area contributed by atoms with E-state index < -0.39 is 11.7 Å². The quantitative estimate of drug-likeness (QED) is 0.737. The maximum Gasteiger partial charge on any atom is 0.419 e. The number of aryl methyl sites for hydroxylation is 1. The second-order valence-electron chi connectivity index (χ2n) is 4.50. The van der Waals surface area contributed by atoms with Crippen LogP contribution in [0.2, 0.25) is 0 Å². The van der Waals surface area contributed by atoms with Crippen LogP contribution in [0.15, 0.2) is 30.6 Å². The first-order valence-corrected chi connectivity index (χ1v) is 6.94. The number of aromatic nitrogens is 2. The van der Waals surface area contributed by atoms with E-state index >= 15 is 0 Å². The number of benzene rings is 1. The third-order valence-electron chi connectivity index (χ3n) is 2.79. The lowest BCUT2D eigenvalue weighted by atomic mass is 10.1. The fraction of sp³-hybridized carbons (Fsp3) is 0.357. The lowest BCUT2D eigenvalue weighted by Crippen LogP contribution is -2.07. The molecule has 0 bridgehead atoms. The topological polar surface area (TPSA) is 27.1 Å². The second kappa shape index (κ2) is 6.39. The summed E-state index contributed by atoms with van der Waals surface area (Å²) in [6.45, 7) is 2.66. The highest BCUT2D eigenvalue weighted by Crippen LogP contribution is 2.38. The van der Waals surface area contributed by atoms with Crippen molar-refractivity contribution in [2.24, 2.45) is 0 Å². The Kier molecular flexibility index (Phi) is 4.77. The Morgan fingerprint density at radius 2 is 2.10 bits per heavy atom. The van der Waals surface area contributed by atoms with E-state index in [-0.39, 0.29) is 17.4 Å². The SMILES string of the molecule is CCCn1cc(Oc2ccc(CCl)cc2C(F)(F)F)cn1. The average molecular weight is 319 g/mol. The number of nitrogens with zero attached hydrogens (tertiary/aromatic N) is 2. The summed E-state index contributed by atoms with van der Waals surface area (Å²) in [4.78, 5) is 0. The fourth-order valence-corrected chi connectivity index (χ4v) is 2.01. The van der Waals surface area contributed by atoms with E-state index in [1.165, 1.54) is 18.3 Å². The van der Waals surface area contributed by atoms with Crippen LogP contribution in [0.1, 0.15) is 24.5 Å². The number of halogens is 4. The van der Waals surface area contributed by atoms with Crippen molar-refractivity contribution in [2.75, 3.05) is 0 Å². The molecule has 0 N–H and O–H groups in total. The van der Waals surface area contributed by atoms with E-state index in [1.807, 2.05) is 6.92 Å². The van der Waals surface area contributed by atoms with Crippen LogP contribution >= 0.6 is 11.6 Å². The maximum absolute atomic E-state index is 13.0. The Bertz CT molecular complexity index is 611. The van der Waals surface area contributed by atoms with Gasteiger partial charge in [-0.25, -0.2) is 0 Å². The predicted octanol–water partition coefficient (Wildman–Crippen LogP) is 4.84. The van der Waals surface area contributed by atoms with Gasteiger partial charge in [-0.3, -0.25) is 4.68 Å². The molecule has 0 aliphatic carbocycles. The molecule has 2 rings (SSSR count). The van der Waals surface area contributed by atoms with Crippen molar-refractivity contribution in [3.8, 4) is 11.5 Å². The van der Waals surface area contributed by atoms with Crippen LogP contribution in [0.25, 0.3) is 0 Å². The molecule has 0 atom stereocenters. The lowest BCUT2D eigenvalue weighted by Gasteiger charge is -2.13. The van der Waals surface area contributed by atoms with Crippen LogP contribution in [0.4, 0.5) is 13.2 Å². The minimum absolute atomic E-state index is 0.0117. The van der Waals surface area contributed by atoms with Gasteiger partial charge in [0.1, 0.15) is 5.75 Å². The number of alkyl halides is 4. The van der Waals surface area contributed by atoms with Gasteiger partial charge in [0.15, 0.2) is 5.75 Å². The van der Waals surface area contributed by atoms with Gasteiger partial charge in [0.05, 0.1) is 18.0 Å². The van der Waals surface area contributed by atoms with Crippen molar-refractivity contribution in [1.82, 2.24) is 9.78 Å². The van der Waals surface area contributed by atoms with Crippen LogP contribution in [0.3, 0.4) is 0 Å². The zero-order chi connectivity index (χ0) is 15.5. The van der Waals surface area contributed by atoms with Crippen LogP contribution in [-0.4, -0.2) is 9.78 Å². The molecule has 0 fully saturated rings. The number of ether oxygens (including phenoxy) is 1. The third-order valence-corrected chi connectivity index (χ3v) is 3.10. The molecule has 0 amide bonds. The van der Waals surface area contributed by atoms with Crippen molar-refractivity contribution >= 4 is 11.6 Å². The standard InChI is InChI=1S/C14H14ClF3N2O/c1-2-5-20-9-11(8-19-20)21-13-4-3-10(7-15)6-12(13)14(16,17)18/h3-4,6,8-9H,2,5,7H2,1H3. The summed E-state index contributed by atoms with van der Waals surface area (Å²) >= 11 is 5.58. The molecule has 0 saturated heterocycles. The molecule has 2 aromatic rings. The minimum Gasteiger partial charge on any atom is -0.453 e. The molecule has 21 heavy (non-hydrogen) atoms. The van der Waals surface area contributed by atoms with Crippen LogP contribution < -0.4 is 4.74 Å². The van der Waals surface area contributed by atoms with E-state index in [4.69, 9.17) is 16.3 Å². The first-order chi connectivity index (χ1) is 9.94. The van der Waals surface area contributed by atoms with E-state index in [0.29, 0.717) is 12.1 Å². The van der Waals surface area contributed by atoms with Gasteiger partial charge in [0, 0.05) is 12.4 Å². The summed E-state index contributed by atoms with van der Waals surface area (Å²) in [5.74, 6) is 0.0256. The van der Waals surface area contributed by atoms with E-state index in [9.17, 15) is 13.2 Å². The Hall–Kier alpha value is -1.69. The molecule has 0 aliphatic rings. The monoisotopic (exact) mass is 318 g/mol. The highest BCUT2D eigenvalue weighted by atomic mass is 35.5. The molecule has 1 aromatic carbocycles. The van der Waals surface area contributed by atoms with Gasteiger partial charge in [-0.15, -0.1) is 11.6 Å². The molecule has 0 spiro atoms. The molecule has 0 saturated carbocycles. The smallest absolute Gasteiger partial charge is 0.419 e. The summed E-state index contributed by atoms with van der Waals surface area (Å²) in [5, 5.41) is 4.02. The Morgan fingerprint density at radius 1 is 1.33 bits per heavy atom. The summed E-state index contributed by atoms with van der Waals surface area (Å²) in [7, 11) is 0. The van der Waals surface area contributed by atoms with Gasteiger partial charge in [0.2, 0.25) is 0 Å². The van der Waals surface area contributed by atoms with Gasteiger partial charge in [-0.05, 0) is 24.1 Å². The lowest BCUT2D eigenvalue weighted by molar-refractivity contribution is -0.138. The van der Waals surface area contributed by atoms with Gasteiger partial charge >= 0.3 is 6.18 Å². The van der Waals surface area contributed by atoms with Gasteiger partial charge in [-0.2, -0.15) is 18.3 Å². The molecule has 1 aromatic heterocycles. The Morgan fingerprint density at radius 3 is 2.71 bits per heavy atom. The van der Waals surface area contributed by atoms with Gasteiger partial charge in [-0.1, -0.05) is 13.0 Å². The second-order valence-corrected chi connectivity index (χ2v) is 4.77. The predicted molar refractivity (Wildman–Crippen MR) is 73.6 cm³/mol. The highest BCUT2D eigenvalue weighted by molar-refractivity contribution is 6.17. The molecular weight excluding hydrogens is 305 g/mol. The summed E-state index contributed by atoms with van der Waals surface area (Å²) in [6, 6.07) is 3.78. The van der Waals surface area contributed by atoms with Crippen molar-refractivity contribution < 1.29 is 17.9 Å². The van der Waals surface area contributed by atoms with E-state index in [2.05, 4.69) is 5.10 Å². The molecule has 0 radical (unpaired) electrons. The largest absolute Gasteiger partial charge is 0.453 e. The Labute approximate surface area is 125 Å². The number of hydrogen-bond donors (Lipinski definition) is 0. The molecule has 0 aliphatic heterocycles. The zero-order valence-electron chi connectivity index (χ0n) is 11.3. The van der Waals surface area contributed by atoms with Crippen LogP contribution in [0.5, 0.6) is 11.5 Å². The number of rotatable bonds is 5. The number of hydrogen-bond acceptors (Lipinski definition) is 2. The summed E-state index contributed by atoms with van der Waals surface area (Å²) in [5.41, 5.74) is -0.457. The fourth-order valence-electron chi connectivity index (χ4n) is 1.85. The zero-order valence-corrected chi connectivity index (χ0v) is 12.1. The molecule has 1 heterocycles. The van der Waals surface area contributed by atoms with Crippen LogP contribution in [0, 0.1) is 0 Å². The molecule has 3 nitrogen and oxygen atoms in total. The highest BCUT2D eigenvalue weighted by Gasteiger charge is 2.34. The third kappa shape index (κ3) is 3.91. The molecule has 0 unspecified atom stereocenters. The Balaban J connectivity index is 2.29. The van der Waals surface area contributed by atoms with Crippen molar-refractivity contribution in [3.05, 3.63) is 41.7 Å². The molecule has 7 heteroatoms. The van der Waals surface area contributed by atoms with Crippen molar-refractivity contribution in [1.29, 1.82) is 0 Å². The van der Waals surface area contributed by atoms with Gasteiger partial charge in [0.25, 0.3) is 0 Å². The first-order valence-electron chi connectivity index (χ1n) is 6.40. The van der Waals surface area contributed by atoms with Crippen molar-refractivity contribution in [3.63, 3.8) is 0 Å². The van der Waals surface area contributed by atoms with Gasteiger partial charge < -0.3 is 4.74 Å². The van der Waals surface area contributed by atoms with Crippen LogP contribution in [-0.2, 0) is 18.6 Å². The van der Waals surface area contributed by atoms with E-state index in [1.54, 1.807) is 10.9 Å². The maximum atomic E-state index is 13.0. The first kappa shape index (κ1) is 15.7. The average Bonchev–Trinajstić information content (AvgIpc) is 2.86.